The Morgan fingerprint density at radius 3 is 2.22 bits per heavy atom. The Kier molecular flexibility index (Phi) is 3.83. The fourth-order valence-electron chi connectivity index (χ4n) is 6.18. The summed E-state index contributed by atoms with van der Waals surface area (Å²) in [6.07, 6.45) is 5.81. The molecule has 3 unspecified atom stereocenters. The summed E-state index contributed by atoms with van der Waals surface area (Å²) < 4.78 is 12.4. The second-order valence-electron chi connectivity index (χ2n) is 10.5. The monoisotopic (exact) mass is 369 g/mol. The highest BCUT2D eigenvalue weighted by atomic mass is 16.7. The molecule has 0 aromatic heterocycles. The van der Waals surface area contributed by atoms with Crippen molar-refractivity contribution in [3.8, 4) is 0 Å². The summed E-state index contributed by atoms with van der Waals surface area (Å²) in [7, 11) is -0.349. The minimum absolute atomic E-state index is 0.166. The SMILES string of the molecule is CC1(C)OB(c2cccc(NC3C4CC5C[C@@H](C4)C[C@@]3(O)C5)c2)OC1(C)C. The van der Waals surface area contributed by atoms with Gasteiger partial charge >= 0.3 is 7.12 Å². The molecule has 4 saturated carbocycles. The minimum Gasteiger partial charge on any atom is -0.399 e. The summed E-state index contributed by atoms with van der Waals surface area (Å²) in [4.78, 5) is 0. The zero-order chi connectivity index (χ0) is 19.0. The van der Waals surface area contributed by atoms with Gasteiger partial charge in [-0.1, -0.05) is 12.1 Å². The van der Waals surface area contributed by atoms with Crippen LogP contribution in [0.1, 0.15) is 59.8 Å². The quantitative estimate of drug-likeness (QED) is 0.803. The summed E-state index contributed by atoms with van der Waals surface area (Å²) in [6.45, 7) is 8.33. The second kappa shape index (κ2) is 5.74. The van der Waals surface area contributed by atoms with E-state index in [0.717, 1.165) is 35.8 Å². The van der Waals surface area contributed by atoms with E-state index in [1.165, 1.54) is 19.3 Å². The lowest BCUT2D eigenvalue weighted by atomic mass is 9.52. The molecule has 5 aliphatic rings. The van der Waals surface area contributed by atoms with E-state index in [9.17, 15) is 5.11 Å². The number of benzene rings is 1. The van der Waals surface area contributed by atoms with Crippen molar-refractivity contribution in [1.29, 1.82) is 0 Å². The maximum Gasteiger partial charge on any atom is 0.494 e. The Balaban J connectivity index is 1.36. The lowest BCUT2D eigenvalue weighted by Crippen LogP contribution is -2.63. The molecule has 1 aromatic carbocycles. The molecule has 5 fully saturated rings. The van der Waals surface area contributed by atoms with Crippen LogP contribution in [0.25, 0.3) is 0 Å². The molecule has 2 N–H and O–H groups in total. The molecule has 1 aromatic rings. The first kappa shape index (κ1) is 18.0. The Hall–Kier alpha value is -1.04. The van der Waals surface area contributed by atoms with Gasteiger partial charge in [0.05, 0.1) is 22.8 Å². The minimum atomic E-state index is -0.533. The van der Waals surface area contributed by atoms with Crippen LogP contribution in [0.15, 0.2) is 24.3 Å². The van der Waals surface area contributed by atoms with Gasteiger partial charge in [0.1, 0.15) is 0 Å². The van der Waals surface area contributed by atoms with Crippen molar-refractivity contribution in [2.24, 2.45) is 17.8 Å². The smallest absolute Gasteiger partial charge is 0.399 e. The highest BCUT2D eigenvalue weighted by molar-refractivity contribution is 6.62. The Labute approximate surface area is 163 Å². The van der Waals surface area contributed by atoms with Gasteiger partial charge in [-0.3, -0.25) is 0 Å². The maximum absolute atomic E-state index is 11.3. The molecular weight excluding hydrogens is 337 g/mol. The summed E-state index contributed by atoms with van der Waals surface area (Å²) in [5.74, 6) is 2.07. The van der Waals surface area contributed by atoms with Gasteiger partial charge in [-0.15, -0.1) is 0 Å². The van der Waals surface area contributed by atoms with E-state index in [1.807, 2.05) is 0 Å². The number of aliphatic hydroxyl groups is 1. The number of anilines is 1. The third-order valence-electron chi connectivity index (χ3n) is 8.01. The van der Waals surface area contributed by atoms with Crippen LogP contribution in [0, 0.1) is 17.8 Å². The normalized spacial score (nSPS) is 41.1. The van der Waals surface area contributed by atoms with Gasteiger partial charge in [0.2, 0.25) is 0 Å². The van der Waals surface area contributed by atoms with E-state index in [2.05, 4.69) is 57.3 Å². The first-order chi connectivity index (χ1) is 12.7. The highest BCUT2D eigenvalue weighted by Gasteiger charge is 2.56. The molecule has 4 aliphatic carbocycles. The highest BCUT2D eigenvalue weighted by Crippen LogP contribution is 2.56. The lowest BCUT2D eigenvalue weighted by molar-refractivity contribution is -0.133. The van der Waals surface area contributed by atoms with E-state index < -0.39 is 5.60 Å². The number of rotatable bonds is 3. The topological polar surface area (TPSA) is 50.7 Å². The third-order valence-corrected chi connectivity index (χ3v) is 8.01. The van der Waals surface area contributed by atoms with Crippen molar-refractivity contribution in [2.75, 3.05) is 5.32 Å². The van der Waals surface area contributed by atoms with Gasteiger partial charge < -0.3 is 19.7 Å². The number of hydrogen-bond acceptors (Lipinski definition) is 4. The molecule has 0 spiro atoms. The van der Waals surface area contributed by atoms with Crippen LogP contribution >= 0.6 is 0 Å². The summed E-state index contributed by atoms with van der Waals surface area (Å²) in [6, 6.07) is 8.53. The van der Waals surface area contributed by atoms with E-state index in [4.69, 9.17) is 9.31 Å². The van der Waals surface area contributed by atoms with Crippen LogP contribution in [0.3, 0.4) is 0 Å². The first-order valence-electron chi connectivity index (χ1n) is 10.6. The average molecular weight is 369 g/mol. The van der Waals surface area contributed by atoms with Crippen molar-refractivity contribution < 1.29 is 14.4 Å². The molecule has 6 rings (SSSR count). The van der Waals surface area contributed by atoms with Crippen molar-refractivity contribution in [1.82, 2.24) is 0 Å². The van der Waals surface area contributed by atoms with Crippen LogP contribution in [0.4, 0.5) is 5.69 Å². The van der Waals surface area contributed by atoms with Crippen LogP contribution < -0.4 is 10.8 Å². The van der Waals surface area contributed by atoms with Gasteiger partial charge in [-0.25, -0.2) is 0 Å². The molecule has 0 radical (unpaired) electrons. The molecule has 146 valence electrons. The van der Waals surface area contributed by atoms with Crippen LogP contribution in [0.2, 0.25) is 0 Å². The Morgan fingerprint density at radius 1 is 1.00 bits per heavy atom. The van der Waals surface area contributed by atoms with Crippen LogP contribution in [-0.4, -0.2) is 35.1 Å². The molecule has 5 heteroatoms. The number of nitrogens with one attached hydrogen (secondary N) is 1. The summed E-state index contributed by atoms with van der Waals surface area (Å²) in [5, 5.41) is 15.0. The molecular formula is C22H32BNO3. The van der Waals surface area contributed by atoms with E-state index in [0.29, 0.717) is 5.92 Å². The van der Waals surface area contributed by atoms with E-state index >= 15 is 0 Å². The molecule has 0 amide bonds. The van der Waals surface area contributed by atoms with Gasteiger partial charge in [-0.05, 0) is 95.1 Å². The van der Waals surface area contributed by atoms with Crippen molar-refractivity contribution in [3.63, 3.8) is 0 Å². The van der Waals surface area contributed by atoms with Crippen LogP contribution in [-0.2, 0) is 9.31 Å². The van der Waals surface area contributed by atoms with E-state index in [1.54, 1.807) is 0 Å². The second-order valence-corrected chi connectivity index (χ2v) is 10.5. The van der Waals surface area contributed by atoms with Crippen molar-refractivity contribution in [2.45, 2.75) is 82.6 Å². The lowest BCUT2D eigenvalue weighted by Gasteiger charge is -2.59. The van der Waals surface area contributed by atoms with Gasteiger partial charge in [0.25, 0.3) is 0 Å². The molecule has 4 bridgehead atoms. The van der Waals surface area contributed by atoms with Gasteiger partial charge in [0.15, 0.2) is 0 Å². The molecule has 4 nitrogen and oxygen atoms in total. The third kappa shape index (κ3) is 2.85. The molecule has 27 heavy (non-hydrogen) atoms. The van der Waals surface area contributed by atoms with Crippen molar-refractivity contribution in [3.05, 3.63) is 24.3 Å². The predicted octanol–water partition coefficient (Wildman–Crippen LogP) is 3.34. The standard InChI is InChI=1S/C22H32BNO3/c1-20(2)21(3,4)27-23(26-20)17-6-5-7-18(11-17)24-19-16-9-14-8-15(10-16)13-22(19,25)12-14/h5-7,11,14-16,19,24-25H,8-10,12-13H2,1-4H3/t14-,15?,16?,19?,22+/m0/s1. The largest absolute Gasteiger partial charge is 0.494 e. The molecule has 1 saturated heterocycles. The maximum atomic E-state index is 11.3. The van der Waals surface area contributed by atoms with Crippen LogP contribution in [0.5, 0.6) is 0 Å². The molecule has 1 aliphatic heterocycles. The zero-order valence-corrected chi connectivity index (χ0v) is 17.0. The zero-order valence-electron chi connectivity index (χ0n) is 17.0. The Morgan fingerprint density at radius 2 is 1.63 bits per heavy atom. The fourth-order valence-corrected chi connectivity index (χ4v) is 6.18. The fraction of sp³-hybridized carbons (Fsp3) is 0.727. The summed E-state index contributed by atoms with van der Waals surface area (Å²) >= 11 is 0. The molecule has 1 heterocycles. The van der Waals surface area contributed by atoms with Crippen molar-refractivity contribution >= 4 is 18.3 Å². The molecule has 5 atom stereocenters. The summed E-state index contributed by atoms with van der Waals surface area (Å²) in [5.41, 5.74) is 0.896. The Bertz CT molecular complexity index is 719. The van der Waals surface area contributed by atoms with Gasteiger partial charge in [-0.2, -0.15) is 0 Å². The van der Waals surface area contributed by atoms with Gasteiger partial charge in [0, 0.05) is 5.69 Å². The predicted molar refractivity (Wildman–Crippen MR) is 108 cm³/mol. The number of hydrogen-bond donors (Lipinski definition) is 2. The van der Waals surface area contributed by atoms with E-state index in [-0.39, 0.29) is 24.4 Å². The average Bonchev–Trinajstić information content (AvgIpc) is 2.78. The first-order valence-corrected chi connectivity index (χ1v) is 10.6.